The second-order valence-electron chi connectivity index (χ2n) is 6.61. The van der Waals surface area contributed by atoms with E-state index < -0.39 is 5.97 Å². The SMILES string of the molecule is CC1CC(Nc2ccccc2C(=O)O)CC(C)(C)C1. The molecule has 0 heterocycles. The zero-order chi connectivity index (χ0) is 14.0. The molecule has 1 fully saturated rings. The van der Waals surface area contributed by atoms with Crippen molar-refractivity contribution in [2.24, 2.45) is 11.3 Å². The number of rotatable bonds is 3. The number of nitrogens with one attached hydrogen (secondary N) is 1. The average Bonchev–Trinajstić information content (AvgIpc) is 2.26. The standard InChI is InChI=1S/C16H23NO2/c1-11-8-12(10-16(2,3)9-11)17-14-7-5-4-6-13(14)15(18)19/h4-7,11-12,17H,8-10H2,1-3H3,(H,18,19). The number of hydrogen-bond acceptors (Lipinski definition) is 2. The normalized spacial score (nSPS) is 25.8. The van der Waals surface area contributed by atoms with Crippen LogP contribution in [0.25, 0.3) is 0 Å². The first kappa shape index (κ1) is 13.9. The van der Waals surface area contributed by atoms with Gasteiger partial charge in [0.05, 0.1) is 5.56 Å². The zero-order valence-electron chi connectivity index (χ0n) is 11.9. The summed E-state index contributed by atoms with van der Waals surface area (Å²) >= 11 is 0. The summed E-state index contributed by atoms with van der Waals surface area (Å²) in [4.78, 5) is 11.2. The maximum absolute atomic E-state index is 11.2. The van der Waals surface area contributed by atoms with Crippen LogP contribution >= 0.6 is 0 Å². The van der Waals surface area contributed by atoms with Crippen molar-refractivity contribution in [1.82, 2.24) is 0 Å². The Morgan fingerprint density at radius 1 is 1.32 bits per heavy atom. The Hall–Kier alpha value is -1.51. The number of carboxylic acids is 1. The number of benzene rings is 1. The van der Waals surface area contributed by atoms with Gasteiger partial charge in [-0.2, -0.15) is 0 Å². The van der Waals surface area contributed by atoms with Crippen molar-refractivity contribution in [2.45, 2.75) is 46.1 Å². The fourth-order valence-corrected chi connectivity index (χ4v) is 3.47. The van der Waals surface area contributed by atoms with E-state index in [2.05, 4.69) is 26.1 Å². The first-order chi connectivity index (χ1) is 8.87. The smallest absolute Gasteiger partial charge is 0.337 e. The minimum atomic E-state index is -0.869. The third kappa shape index (κ3) is 3.49. The Labute approximate surface area is 115 Å². The highest BCUT2D eigenvalue weighted by Crippen LogP contribution is 2.39. The molecule has 1 aliphatic rings. The van der Waals surface area contributed by atoms with Gasteiger partial charge < -0.3 is 10.4 Å². The highest BCUT2D eigenvalue weighted by Gasteiger charge is 2.32. The summed E-state index contributed by atoms with van der Waals surface area (Å²) in [7, 11) is 0. The Morgan fingerprint density at radius 2 is 2.00 bits per heavy atom. The number of carbonyl (C=O) groups is 1. The molecular weight excluding hydrogens is 238 g/mol. The first-order valence-corrected chi connectivity index (χ1v) is 6.96. The topological polar surface area (TPSA) is 49.3 Å². The number of carboxylic acid groups (broad SMARTS) is 1. The fourth-order valence-electron chi connectivity index (χ4n) is 3.47. The zero-order valence-corrected chi connectivity index (χ0v) is 11.9. The van der Waals surface area contributed by atoms with Crippen molar-refractivity contribution in [3.05, 3.63) is 29.8 Å². The molecule has 2 rings (SSSR count). The van der Waals surface area contributed by atoms with Crippen LogP contribution in [-0.2, 0) is 0 Å². The molecule has 2 atom stereocenters. The highest BCUT2D eigenvalue weighted by molar-refractivity contribution is 5.94. The monoisotopic (exact) mass is 261 g/mol. The molecule has 0 bridgehead atoms. The molecule has 0 aromatic heterocycles. The lowest BCUT2D eigenvalue weighted by Crippen LogP contribution is -2.35. The number of aromatic carboxylic acids is 1. The molecule has 0 saturated heterocycles. The van der Waals surface area contributed by atoms with E-state index in [1.165, 1.54) is 6.42 Å². The Balaban J connectivity index is 2.15. The van der Waals surface area contributed by atoms with E-state index in [4.69, 9.17) is 0 Å². The molecule has 2 unspecified atom stereocenters. The van der Waals surface area contributed by atoms with E-state index in [1.807, 2.05) is 12.1 Å². The molecule has 0 radical (unpaired) electrons. The Kier molecular flexibility index (Phi) is 3.83. The number of hydrogen-bond donors (Lipinski definition) is 2. The highest BCUT2D eigenvalue weighted by atomic mass is 16.4. The van der Waals surface area contributed by atoms with Crippen LogP contribution in [0.2, 0.25) is 0 Å². The lowest BCUT2D eigenvalue weighted by atomic mass is 9.70. The van der Waals surface area contributed by atoms with E-state index in [0.717, 1.165) is 18.5 Å². The average molecular weight is 261 g/mol. The maximum Gasteiger partial charge on any atom is 0.337 e. The molecule has 0 spiro atoms. The summed E-state index contributed by atoms with van der Waals surface area (Å²) < 4.78 is 0. The molecule has 1 aromatic carbocycles. The van der Waals surface area contributed by atoms with Gasteiger partial charge in [0.25, 0.3) is 0 Å². The van der Waals surface area contributed by atoms with Crippen LogP contribution in [0.4, 0.5) is 5.69 Å². The number of para-hydroxylation sites is 1. The largest absolute Gasteiger partial charge is 0.478 e. The Bertz CT molecular complexity index is 468. The summed E-state index contributed by atoms with van der Waals surface area (Å²) in [5.41, 5.74) is 1.43. The van der Waals surface area contributed by atoms with Gasteiger partial charge in [0, 0.05) is 11.7 Å². The van der Waals surface area contributed by atoms with E-state index in [-0.39, 0.29) is 0 Å². The van der Waals surface area contributed by atoms with Gasteiger partial charge >= 0.3 is 5.97 Å². The molecule has 1 aliphatic carbocycles. The predicted molar refractivity (Wildman–Crippen MR) is 77.6 cm³/mol. The lowest BCUT2D eigenvalue weighted by molar-refractivity contribution is 0.0698. The van der Waals surface area contributed by atoms with Crippen molar-refractivity contribution in [3.63, 3.8) is 0 Å². The van der Waals surface area contributed by atoms with Crippen molar-refractivity contribution in [2.75, 3.05) is 5.32 Å². The van der Waals surface area contributed by atoms with Crippen LogP contribution in [0.3, 0.4) is 0 Å². The molecule has 19 heavy (non-hydrogen) atoms. The fraction of sp³-hybridized carbons (Fsp3) is 0.562. The van der Waals surface area contributed by atoms with Crippen LogP contribution < -0.4 is 5.32 Å². The Morgan fingerprint density at radius 3 is 2.63 bits per heavy atom. The van der Waals surface area contributed by atoms with Crippen LogP contribution in [-0.4, -0.2) is 17.1 Å². The van der Waals surface area contributed by atoms with Gasteiger partial charge in [0.15, 0.2) is 0 Å². The van der Waals surface area contributed by atoms with Gasteiger partial charge in [-0.1, -0.05) is 32.9 Å². The minimum absolute atomic E-state index is 0.327. The van der Waals surface area contributed by atoms with Crippen LogP contribution in [0.1, 0.15) is 50.4 Å². The van der Waals surface area contributed by atoms with Crippen molar-refractivity contribution in [3.8, 4) is 0 Å². The minimum Gasteiger partial charge on any atom is -0.478 e. The third-order valence-electron chi connectivity index (χ3n) is 3.90. The van der Waals surface area contributed by atoms with Crippen LogP contribution in [0.15, 0.2) is 24.3 Å². The van der Waals surface area contributed by atoms with Gasteiger partial charge in [0.1, 0.15) is 0 Å². The summed E-state index contributed by atoms with van der Waals surface area (Å²) in [6, 6.07) is 7.52. The quantitative estimate of drug-likeness (QED) is 0.864. The molecule has 0 amide bonds. The second kappa shape index (κ2) is 5.24. The summed E-state index contributed by atoms with van der Waals surface area (Å²) in [6.07, 6.45) is 3.44. The van der Waals surface area contributed by atoms with Crippen molar-refractivity contribution in [1.29, 1.82) is 0 Å². The third-order valence-corrected chi connectivity index (χ3v) is 3.90. The summed E-state index contributed by atoms with van der Waals surface area (Å²) in [5, 5.41) is 12.6. The molecular formula is C16H23NO2. The first-order valence-electron chi connectivity index (χ1n) is 6.96. The van der Waals surface area contributed by atoms with Gasteiger partial charge in [-0.15, -0.1) is 0 Å². The molecule has 3 nitrogen and oxygen atoms in total. The summed E-state index contributed by atoms with van der Waals surface area (Å²) in [6.45, 7) is 6.86. The van der Waals surface area contributed by atoms with Crippen LogP contribution in [0.5, 0.6) is 0 Å². The van der Waals surface area contributed by atoms with E-state index >= 15 is 0 Å². The van der Waals surface area contributed by atoms with E-state index in [0.29, 0.717) is 22.9 Å². The van der Waals surface area contributed by atoms with E-state index in [1.54, 1.807) is 12.1 Å². The van der Waals surface area contributed by atoms with Crippen LogP contribution in [0, 0.1) is 11.3 Å². The molecule has 2 N–H and O–H groups in total. The molecule has 0 aliphatic heterocycles. The van der Waals surface area contributed by atoms with Gasteiger partial charge in [0.2, 0.25) is 0 Å². The van der Waals surface area contributed by atoms with Gasteiger partial charge in [-0.05, 0) is 42.7 Å². The molecule has 1 aromatic rings. The lowest BCUT2D eigenvalue weighted by Gasteiger charge is -2.39. The van der Waals surface area contributed by atoms with Gasteiger partial charge in [-0.25, -0.2) is 4.79 Å². The van der Waals surface area contributed by atoms with E-state index in [9.17, 15) is 9.90 Å². The number of anilines is 1. The van der Waals surface area contributed by atoms with Crippen molar-refractivity contribution >= 4 is 11.7 Å². The maximum atomic E-state index is 11.2. The molecule has 1 saturated carbocycles. The van der Waals surface area contributed by atoms with Crippen molar-refractivity contribution < 1.29 is 9.90 Å². The molecule has 3 heteroatoms. The second-order valence-corrected chi connectivity index (χ2v) is 6.61. The summed E-state index contributed by atoms with van der Waals surface area (Å²) in [5.74, 6) is -0.190. The van der Waals surface area contributed by atoms with Gasteiger partial charge in [-0.3, -0.25) is 0 Å². The predicted octanol–water partition coefficient (Wildman–Crippen LogP) is 4.01. The molecule has 104 valence electrons.